The second kappa shape index (κ2) is 14.5. The highest BCUT2D eigenvalue weighted by atomic mass is 79.9. The van der Waals surface area contributed by atoms with Crippen LogP contribution in [0.3, 0.4) is 0 Å². The molecule has 0 fully saturated rings. The summed E-state index contributed by atoms with van der Waals surface area (Å²) in [5, 5.41) is 4.78. The number of hydrogen-bond acceptors (Lipinski definition) is 7. The van der Waals surface area contributed by atoms with Gasteiger partial charge in [-0.1, -0.05) is 31.6 Å². The number of nitrogens with two attached hydrogens (primary N) is 1. The SMILES string of the molecule is C/C=C\C(=C/CP(C)OCC)CN(C)c1nc(NCCCC)nc(N)c1N=CBr. The molecule has 0 bridgehead atoms. The molecule has 1 rings (SSSR count). The predicted molar refractivity (Wildman–Crippen MR) is 132 cm³/mol. The van der Waals surface area contributed by atoms with Gasteiger partial charge in [0.1, 0.15) is 5.69 Å². The zero-order chi connectivity index (χ0) is 21.6. The zero-order valence-electron chi connectivity index (χ0n) is 18.2. The number of nitrogens with zero attached hydrogens (tertiary/aromatic N) is 4. The topological polar surface area (TPSA) is 88.7 Å². The van der Waals surface area contributed by atoms with Crippen LogP contribution in [-0.2, 0) is 4.52 Å². The summed E-state index contributed by atoms with van der Waals surface area (Å²) in [6, 6.07) is 0. The van der Waals surface area contributed by atoms with E-state index in [1.54, 1.807) is 0 Å². The zero-order valence-corrected chi connectivity index (χ0v) is 20.6. The van der Waals surface area contributed by atoms with Gasteiger partial charge in [0.25, 0.3) is 0 Å². The van der Waals surface area contributed by atoms with Crippen LogP contribution in [0.5, 0.6) is 0 Å². The Balaban J connectivity index is 3.11. The molecule has 1 aromatic rings. The molecule has 0 saturated carbocycles. The van der Waals surface area contributed by atoms with E-state index in [4.69, 9.17) is 10.3 Å². The number of nitrogens with one attached hydrogen (secondary N) is 1. The number of likely N-dealkylation sites (N-methyl/N-ethyl adjacent to an activating group) is 1. The molecule has 0 aliphatic heterocycles. The minimum atomic E-state index is -0.448. The normalized spacial score (nSPS) is 13.4. The fourth-order valence-electron chi connectivity index (χ4n) is 2.62. The Bertz CT molecular complexity index is 710. The Morgan fingerprint density at radius 2 is 2.14 bits per heavy atom. The van der Waals surface area contributed by atoms with Gasteiger partial charge in [-0.15, -0.1) is 0 Å². The molecule has 1 unspecified atom stereocenters. The summed E-state index contributed by atoms with van der Waals surface area (Å²) < 4.78 is 5.70. The van der Waals surface area contributed by atoms with Crippen molar-refractivity contribution in [3.8, 4) is 0 Å². The van der Waals surface area contributed by atoms with Gasteiger partial charge < -0.3 is 20.5 Å². The minimum Gasteiger partial charge on any atom is -0.382 e. The molecular formula is C20H34BrN6OP. The predicted octanol–water partition coefficient (Wildman–Crippen LogP) is 5.33. The Labute approximate surface area is 184 Å². The highest BCUT2D eigenvalue weighted by molar-refractivity contribution is 9.17. The molecule has 9 heteroatoms. The van der Waals surface area contributed by atoms with E-state index in [1.807, 2.05) is 31.9 Å². The summed E-state index contributed by atoms with van der Waals surface area (Å²) in [4.78, 5) is 15.4. The summed E-state index contributed by atoms with van der Waals surface area (Å²) in [6.07, 6.45) is 9.45. The van der Waals surface area contributed by atoms with Crippen LogP contribution in [0.25, 0.3) is 0 Å². The standard InChI is InChI=1S/C20H34BrN6OP/c1-6-9-12-23-20-25-18(22)17(24-15-21)19(26-20)27(4)14-16(10-7-2)11-13-29(5)28-8-3/h7,10-11,15H,6,8-9,12-14H2,1-5H3,(H3,22,23,25,26)/b10-7-,16-11+,24-15?. The summed E-state index contributed by atoms with van der Waals surface area (Å²) in [5.41, 5.74) is 7.92. The maximum absolute atomic E-state index is 6.18. The summed E-state index contributed by atoms with van der Waals surface area (Å²) in [6.45, 7) is 10.6. The number of aromatic nitrogens is 2. The van der Waals surface area contributed by atoms with Gasteiger partial charge >= 0.3 is 0 Å². The van der Waals surface area contributed by atoms with Crippen LogP contribution in [0, 0.1) is 0 Å². The Kier molecular flexibility index (Phi) is 12.7. The average molecular weight is 485 g/mol. The van der Waals surface area contributed by atoms with Crippen molar-refractivity contribution in [3.05, 3.63) is 23.8 Å². The molecule has 0 radical (unpaired) electrons. The monoisotopic (exact) mass is 484 g/mol. The Morgan fingerprint density at radius 1 is 1.38 bits per heavy atom. The second-order valence-corrected chi connectivity index (χ2v) is 8.76. The summed E-state index contributed by atoms with van der Waals surface area (Å²) in [5.74, 6) is 1.56. The number of halogens is 1. The molecule has 0 aromatic carbocycles. The van der Waals surface area contributed by atoms with Crippen LogP contribution in [0.15, 0.2) is 28.8 Å². The van der Waals surface area contributed by atoms with Gasteiger partial charge in [0.05, 0.1) is 5.12 Å². The van der Waals surface area contributed by atoms with Crippen molar-refractivity contribution in [1.29, 1.82) is 0 Å². The van der Waals surface area contributed by atoms with Crippen LogP contribution >= 0.6 is 24.1 Å². The van der Waals surface area contributed by atoms with E-state index in [0.29, 0.717) is 29.8 Å². The third kappa shape index (κ3) is 9.24. The quantitative estimate of drug-likeness (QED) is 0.170. The number of hydrogen-bond donors (Lipinski definition) is 2. The lowest BCUT2D eigenvalue weighted by Gasteiger charge is -2.22. The molecule has 7 nitrogen and oxygen atoms in total. The first-order valence-electron chi connectivity index (χ1n) is 9.87. The molecule has 1 heterocycles. The van der Waals surface area contributed by atoms with E-state index in [2.05, 4.69) is 61.9 Å². The molecular weight excluding hydrogens is 451 g/mol. The van der Waals surface area contributed by atoms with Crippen molar-refractivity contribution < 1.29 is 4.52 Å². The van der Waals surface area contributed by atoms with Gasteiger partial charge in [-0.2, -0.15) is 9.97 Å². The van der Waals surface area contributed by atoms with E-state index in [1.165, 1.54) is 10.7 Å². The number of unbranched alkanes of at least 4 members (excludes halogenated alkanes) is 1. The molecule has 162 valence electrons. The number of nitrogen functional groups attached to an aromatic ring is 1. The molecule has 3 N–H and O–H groups in total. The molecule has 0 amide bonds. The lowest BCUT2D eigenvalue weighted by Crippen LogP contribution is -2.22. The number of allylic oxidation sites excluding steroid dienone is 2. The van der Waals surface area contributed by atoms with Crippen LogP contribution in [-0.4, -0.2) is 54.7 Å². The third-order valence-electron chi connectivity index (χ3n) is 4.01. The molecule has 0 aliphatic rings. The maximum atomic E-state index is 6.18. The van der Waals surface area contributed by atoms with Gasteiger partial charge in [-0.25, -0.2) is 4.99 Å². The van der Waals surface area contributed by atoms with E-state index in [-0.39, 0.29) is 0 Å². The third-order valence-corrected chi connectivity index (χ3v) is 5.61. The van der Waals surface area contributed by atoms with E-state index in [9.17, 15) is 0 Å². The number of aliphatic imine (C=N–C) groups is 1. The van der Waals surface area contributed by atoms with Crippen molar-refractivity contribution in [2.75, 3.05) is 55.5 Å². The van der Waals surface area contributed by atoms with Crippen LogP contribution in [0.2, 0.25) is 0 Å². The Morgan fingerprint density at radius 3 is 2.76 bits per heavy atom. The van der Waals surface area contributed by atoms with Crippen molar-refractivity contribution >= 4 is 52.5 Å². The van der Waals surface area contributed by atoms with Crippen molar-refractivity contribution in [3.63, 3.8) is 0 Å². The molecule has 1 atom stereocenters. The van der Waals surface area contributed by atoms with Gasteiger partial charge in [0.2, 0.25) is 5.95 Å². The fraction of sp³-hybridized carbons (Fsp3) is 0.550. The summed E-state index contributed by atoms with van der Waals surface area (Å²) >= 11 is 3.23. The van der Waals surface area contributed by atoms with Gasteiger partial charge in [0.15, 0.2) is 11.6 Å². The fourth-order valence-corrected chi connectivity index (χ4v) is 3.86. The highest BCUT2D eigenvalue weighted by Crippen LogP contribution is 2.34. The van der Waals surface area contributed by atoms with Crippen molar-refractivity contribution in [1.82, 2.24) is 9.97 Å². The largest absolute Gasteiger partial charge is 0.382 e. The first-order chi connectivity index (χ1) is 14.0. The highest BCUT2D eigenvalue weighted by Gasteiger charge is 2.16. The van der Waals surface area contributed by atoms with E-state index in [0.717, 1.165) is 32.2 Å². The van der Waals surface area contributed by atoms with Crippen LogP contribution < -0.4 is 16.0 Å². The minimum absolute atomic E-state index is 0.349. The van der Waals surface area contributed by atoms with Crippen LogP contribution in [0.1, 0.15) is 33.6 Å². The molecule has 0 saturated heterocycles. The van der Waals surface area contributed by atoms with Crippen molar-refractivity contribution in [2.24, 2.45) is 4.99 Å². The average Bonchev–Trinajstić information content (AvgIpc) is 2.68. The van der Waals surface area contributed by atoms with Gasteiger partial charge in [0, 0.05) is 41.1 Å². The maximum Gasteiger partial charge on any atom is 0.226 e. The first kappa shape index (κ1) is 25.5. The van der Waals surface area contributed by atoms with Crippen molar-refractivity contribution in [2.45, 2.75) is 33.6 Å². The first-order valence-corrected chi connectivity index (χ1v) is 12.7. The lowest BCUT2D eigenvalue weighted by molar-refractivity contribution is 0.382. The van der Waals surface area contributed by atoms with E-state index < -0.39 is 8.15 Å². The number of anilines is 3. The van der Waals surface area contributed by atoms with Gasteiger partial charge in [-0.3, -0.25) is 0 Å². The molecule has 1 aromatic heterocycles. The summed E-state index contributed by atoms with van der Waals surface area (Å²) in [7, 11) is 1.54. The molecule has 29 heavy (non-hydrogen) atoms. The molecule has 0 spiro atoms. The van der Waals surface area contributed by atoms with Gasteiger partial charge in [-0.05, 0) is 48.4 Å². The Hall–Kier alpha value is -1.50. The second-order valence-electron chi connectivity index (χ2n) is 6.48. The van der Waals surface area contributed by atoms with Crippen LogP contribution in [0.4, 0.5) is 23.3 Å². The van der Waals surface area contributed by atoms with E-state index >= 15 is 0 Å². The number of rotatable bonds is 13. The lowest BCUT2D eigenvalue weighted by atomic mass is 10.2. The smallest absolute Gasteiger partial charge is 0.226 e. The molecule has 0 aliphatic carbocycles.